The molecule has 2 aromatic rings. The maximum Gasteiger partial charge on any atom is 0.132 e. The smallest absolute Gasteiger partial charge is 0.132 e. The van der Waals surface area contributed by atoms with E-state index >= 15 is 0 Å². The molecule has 2 rings (SSSR count). The molecule has 100 valence electrons. The lowest BCUT2D eigenvalue weighted by Gasteiger charge is -2.11. The molecular weight excluding hydrogens is 270 g/mol. The van der Waals surface area contributed by atoms with Crippen molar-refractivity contribution in [1.82, 2.24) is 0 Å². The number of rotatable bonds is 4. The topological polar surface area (TPSA) is 9.23 Å². The third-order valence-electron chi connectivity index (χ3n) is 2.79. The molecule has 0 fully saturated rings. The Morgan fingerprint density at radius 1 is 1.11 bits per heavy atom. The highest BCUT2D eigenvalue weighted by Gasteiger charge is 2.10. The van der Waals surface area contributed by atoms with Gasteiger partial charge in [0.2, 0.25) is 0 Å². The molecule has 0 aliphatic rings. The van der Waals surface area contributed by atoms with E-state index in [4.69, 9.17) is 16.3 Å². The molecule has 2 aromatic carbocycles. The van der Waals surface area contributed by atoms with E-state index in [-0.39, 0.29) is 18.1 Å². The van der Waals surface area contributed by atoms with Crippen molar-refractivity contribution in [1.29, 1.82) is 0 Å². The van der Waals surface area contributed by atoms with E-state index in [1.165, 1.54) is 18.2 Å². The van der Waals surface area contributed by atoms with Crippen molar-refractivity contribution in [2.75, 3.05) is 0 Å². The molecule has 0 N–H and O–H groups in total. The van der Waals surface area contributed by atoms with Crippen LogP contribution in [0.2, 0.25) is 0 Å². The van der Waals surface area contributed by atoms with E-state index < -0.39 is 11.6 Å². The van der Waals surface area contributed by atoms with Crippen LogP contribution in [0.4, 0.5) is 8.78 Å². The second-order valence-electron chi connectivity index (χ2n) is 4.23. The minimum absolute atomic E-state index is 0.0800. The Bertz CT molecular complexity index is 564. The third kappa shape index (κ3) is 3.24. The van der Waals surface area contributed by atoms with Gasteiger partial charge < -0.3 is 4.74 Å². The van der Waals surface area contributed by atoms with Crippen LogP contribution in [0.15, 0.2) is 36.4 Å². The van der Waals surface area contributed by atoms with Crippen molar-refractivity contribution in [2.45, 2.75) is 19.4 Å². The first-order chi connectivity index (χ1) is 9.11. The number of alkyl halides is 1. The van der Waals surface area contributed by atoms with Gasteiger partial charge in [-0.15, -0.1) is 11.6 Å². The SMILES string of the molecule is Cc1ccc(OCc2c(F)cccc2F)c(CCl)c1. The minimum Gasteiger partial charge on any atom is -0.488 e. The van der Waals surface area contributed by atoms with Crippen LogP contribution >= 0.6 is 11.6 Å². The molecule has 0 saturated heterocycles. The maximum atomic E-state index is 13.5. The van der Waals surface area contributed by atoms with Crippen LogP contribution in [0.3, 0.4) is 0 Å². The van der Waals surface area contributed by atoms with Crippen LogP contribution in [0.1, 0.15) is 16.7 Å². The first kappa shape index (κ1) is 13.8. The summed E-state index contributed by atoms with van der Waals surface area (Å²) in [6, 6.07) is 9.25. The zero-order chi connectivity index (χ0) is 13.8. The Balaban J connectivity index is 2.19. The number of hydrogen-bond acceptors (Lipinski definition) is 1. The predicted octanol–water partition coefficient (Wildman–Crippen LogP) is 4.59. The van der Waals surface area contributed by atoms with Gasteiger partial charge in [-0.3, -0.25) is 0 Å². The van der Waals surface area contributed by atoms with E-state index in [2.05, 4.69) is 0 Å². The molecule has 0 bridgehead atoms. The van der Waals surface area contributed by atoms with Gasteiger partial charge in [0.15, 0.2) is 0 Å². The molecule has 0 spiro atoms. The van der Waals surface area contributed by atoms with Crippen LogP contribution in [0.5, 0.6) is 5.75 Å². The molecule has 0 aliphatic heterocycles. The molecule has 0 amide bonds. The van der Waals surface area contributed by atoms with Gasteiger partial charge in [-0.2, -0.15) is 0 Å². The monoisotopic (exact) mass is 282 g/mol. The van der Waals surface area contributed by atoms with Crippen LogP contribution in [0.25, 0.3) is 0 Å². The largest absolute Gasteiger partial charge is 0.488 e. The standard InChI is InChI=1S/C15H13ClF2O/c1-10-5-6-15(11(7-10)8-16)19-9-12-13(17)3-2-4-14(12)18/h2-7H,8-9H2,1H3. The summed E-state index contributed by atoms with van der Waals surface area (Å²) in [5.41, 5.74) is 1.78. The summed E-state index contributed by atoms with van der Waals surface area (Å²) in [6.45, 7) is 1.78. The van der Waals surface area contributed by atoms with Crippen molar-refractivity contribution in [3.8, 4) is 5.75 Å². The fourth-order valence-corrected chi connectivity index (χ4v) is 1.98. The molecule has 19 heavy (non-hydrogen) atoms. The maximum absolute atomic E-state index is 13.5. The molecule has 0 atom stereocenters. The molecule has 0 radical (unpaired) electrons. The van der Waals surface area contributed by atoms with Gasteiger partial charge in [-0.1, -0.05) is 23.8 Å². The van der Waals surface area contributed by atoms with E-state index in [0.717, 1.165) is 11.1 Å². The van der Waals surface area contributed by atoms with Crippen molar-refractivity contribution in [3.05, 3.63) is 64.7 Å². The molecular formula is C15H13ClF2O. The summed E-state index contributed by atoms with van der Waals surface area (Å²) in [6.07, 6.45) is 0. The number of halogens is 3. The second-order valence-corrected chi connectivity index (χ2v) is 4.50. The van der Waals surface area contributed by atoms with Gasteiger partial charge in [0.05, 0.1) is 11.4 Å². The Kier molecular flexibility index (Phi) is 4.38. The summed E-state index contributed by atoms with van der Waals surface area (Å²) in [5, 5.41) is 0. The van der Waals surface area contributed by atoms with Crippen LogP contribution in [-0.2, 0) is 12.5 Å². The molecule has 1 nitrogen and oxygen atoms in total. The van der Waals surface area contributed by atoms with E-state index in [0.29, 0.717) is 5.75 Å². The number of hydrogen-bond donors (Lipinski definition) is 0. The highest BCUT2D eigenvalue weighted by Crippen LogP contribution is 2.24. The Hall–Kier alpha value is -1.61. The molecule has 0 saturated carbocycles. The quantitative estimate of drug-likeness (QED) is 0.745. The van der Waals surface area contributed by atoms with Gasteiger partial charge in [-0.05, 0) is 25.1 Å². The molecule has 0 aliphatic carbocycles. The normalized spacial score (nSPS) is 10.5. The van der Waals surface area contributed by atoms with Crippen LogP contribution in [-0.4, -0.2) is 0 Å². The van der Waals surface area contributed by atoms with Gasteiger partial charge in [-0.25, -0.2) is 8.78 Å². The lowest BCUT2D eigenvalue weighted by atomic mass is 10.1. The van der Waals surface area contributed by atoms with Gasteiger partial charge >= 0.3 is 0 Å². The molecule has 0 unspecified atom stereocenters. The Morgan fingerprint density at radius 2 is 1.79 bits per heavy atom. The average molecular weight is 283 g/mol. The summed E-state index contributed by atoms with van der Waals surface area (Å²) in [4.78, 5) is 0. The van der Waals surface area contributed by atoms with Crippen molar-refractivity contribution in [3.63, 3.8) is 0 Å². The summed E-state index contributed by atoms with van der Waals surface area (Å²) in [5.74, 6) is -0.390. The Morgan fingerprint density at radius 3 is 2.42 bits per heavy atom. The highest BCUT2D eigenvalue weighted by molar-refractivity contribution is 6.17. The summed E-state index contributed by atoms with van der Waals surface area (Å²) in [7, 11) is 0. The van der Waals surface area contributed by atoms with Crippen molar-refractivity contribution < 1.29 is 13.5 Å². The first-order valence-electron chi connectivity index (χ1n) is 5.83. The van der Waals surface area contributed by atoms with E-state index in [9.17, 15) is 8.78 Å². The molecule has 0 aromatic heterocycles. The molecule has 0 heterocycles. The number of ether oxygens (including phenoxy) is 1. The van der Waals surface area contributed by atoms with Crippen LogP contribution < -0.4 is 4.74 Å². The Labute approximate surface area is 115 Å². The fourth-order valence-electron chi connectivity index (χ4n) is 1.77. The number of benzene rings is 2. The minimum atomic E-state index is -0.612. The van der Waals surface area contributed by atoms with Gasteiger partial charge in [0.1, 0.15) is 24.0 Å². The zero-order valence-electron chi connectivity index (χ0n) is 10.4. The lowest BCUT2D eigenvalue weighted by molar-refractivity contribution is 0.290. The van der Waals surface area contributed by atoms with Crippen molar-refractivity contribution in [2.24, 2.45) is 0 Å². The highest BCUT2D eigenvalue weighted by atomic mass is 35.5. The predicted molar refractivity (Wildman–Crippen MR) is 71.4 cm³/mol. The second kappa shape index (κ2) is 6.02. The zero-order valence-corrected chi connectivity index (χ0v) is 11.2. The van der Waals surface area contributed by atoms with Gasteiger partial charge in [0.25, 0.3) is 0 Å². The van der Waals surface area contributed by atoms with Crippen LogP contribution in [0, 0.1) is 18.6 Å². The third-order valence-corrected chi connectivity index (χ3v) is 3.08. The summed E-state index contributed by atoms with van der Waals surface area (Å²) >= 11 is 5.82. The van der Waals surface area contributed by atoms with Gasteiger partial charge in [0, 0.05) is 5.56 Å². The lowest BCUT2D eigenvalue weighted by Crippen LogP contribution is -2.03. The first-order valence-corrected chi connectivity index (χ1v) is 6.36. The molecule has 4 heteroatoms. The van der Waals surface area contributed by atoms with E-state index in [1.807, 2.05) is 19.1 Å². The number of aryl methyl sites for hydroxylation is 1. The summed E-state index contributed by atoms with van der Waals surface area (Å²) < 4.78 is 32.4. The van der Waals surface area contributed by atoms with Crippen molar-refractivity contribution >= 4 is 11.6 Å². The average Bonchev–Trinajstić information content (AvgIpc) is 2.39. The fraction of sp³-hybridized carbons (Fsp3) is 0.200. The van der Waals surface area contributed by atoms with E-state index in [1.54, 1.807) is 6.07 Å².